The van der Waals surface area contributed by atoms with Gasteiger partial charge in [-0.25, -0.2) is 0 Å². The normalized spacial score (nSPS) is 13.2. The van der Waals surface area contributed by atoms with Gasteiger partial charge in [0.05, 0.1) is 0 Å². The molecule has 2 atom stereocenters. The summed E-state index contributed by atoms with van der Waals surface area (Å²) in [7, 11) is 0. The van der Waals surface area contributed by atoms with Crippen molar-refractivity contribution in [1.29, 1.82) is 0 Å². The first-order valence-corrected chi connectivity index (χ1v) is 12.1. The molecule has 2 aromatic carbocycles. The quantitative estimate of drug-likeness (QED) is 0.208. The first kappa shape index (κ1) is 26.5. The standard InChI is InChI=1S/C26H44N6/c27-10-4-13-31-15-9-25(30)19-21-16-22(20-26(8-12-29)32-14-5-11-28)18-24(17-21)23-6-2-1-3-7-23/h1-3,6-7,16-18,25-26,31-32H,4-5,8-15,19-20,27-30H2. The Bertz CT molecular complexity index is 736. The molecular formula is C26H44N6. The van der Waals surface area contributed by atoms with E-state index in [1.54, 1.807) is 0 Å². The molecule has 32 heavy (non-hydrogen) atoms. The van der Waals surface area contributed by atoms with Crippen LogP contribution in [-0.2, 0) is 12.8 Å². The van der Waals surface area contributed by atoms with Crippen LogP contribution in [0.25, 0.3) is 11.1 Å². The van der Waals surface area contributed by atoms with Crippen molar-refractivity contribution in [3.05, 3.63) is 59.7 Å². The van der Waals surface area contributed by atoms with Gasteiger partial charge in [-0.05, 0) is 100 Å². The SMILES string of the molecule is NCCCNCCC(N)Cc1cc(CC(CCN)NCCCN)cc(-c2ccccc2)c1. The van der Waals surface area contributed by atoms with E-state index in [9.17, 15) is 0 Å². The first-order valence-electron chi connectivity index (χ1n) is 12.1. The van der Waals surface area contributed by atoms with E-state index in [4.69, 9.17) is 22.9 Å². The lowest BCUT2D eigenvalue weighted by atomic mass is 9.93. The predicted molar refractivity (Wildman–Crippen MR) is 138 cm³/mol. The lowest BCUT2D eigenvalue weighted by molar-refractivity contribution is 0.478. The highest BCUT2D eigenvalue weighted by Gasteiger charge is 2.12. The second-order valence-electron chi connectivity index (χ2n) is 8.62. The topological polar surface area (TPSA) is 128 Å². The molecule has 178 valence electrons. The fourth-order valence-corrected chi connectivity index (χ4v) is 4.01. The second kappa shape index (κ2) is 15.9. The molecule has 0 spiro atoms. The van der Waals surface area contributed by atoms with Crippen molar-refractivity contribution in [1.82, 2.24) is 10.6 Å². The summed E-state index contributed by atoms with van der Waals surface area (Å²) < 4.78 is 0. The number of rotatable bonds is 17. The number of hydrogen-bond donors (Lipinski definition) is 6. The Kier molecular flexibility index (Phi) is 13.2. The highest BCUT2D eigenvalue weighted by Crippen LogP contribution is 2.24. The molecule has 0 saturated heterocycles. The van der Waals surface area contributed by atoms with Crippen molar-refractivity contribution in [3.8, 4) is 11.1 Å². The van der Waals surface area contributed by atoms with Crippen molar-refractivity contribution < 1.29 is 0 Å². The molecule has 0 aliphatic heterocycles. The molecule has 2 rings (SSSR count). The van der Waals surface area contributed by atoms with Crippen LogP contribution in [0.4, 0.5) is 0 Å². The molecule has 0 aromatic heterocycles. The van der Waals surface area contributed by atoms with Gasteiger partial charge in [0.1, 0.15) is 0 Å². The largest absolute Gasteiger partial charge is 0.330 e. The van der Waals surface area contributed by atoms with E-state index in [-0.39, 0.29) is 6.04 Å². The summed E-state index contributed by atoms with van der Waals surface area (Å²) in [4.78, 5) is 0. The van der Waals surface area contributed by atoms with Gasteiger partial charge < -0.3 is 33.6 Å². The summed E-state index contributed by atoms with van der Waals surface area (Å²) in [6.45, 7) is 4.91. The van der Waals surface area contributed by atoms with Crippen molar-refractivity contribution in [2.45, 2.75) is 50.6 Å². The van der Waals surface area contributed by atoms with Crippen molar-refractivity contribution in [2.24, 2.45) is 22.9 Å². The lowest BCUT2D eigenvalue weighted by Crippen LogP contribution is -2.34. The molecule has 2 unspecified atom stereocenters. The molecule has 10 N–H and O–H groups in total. The monoisotopic (exact) mass is 440 g/mol. The summed E-state index contributed by atoms with van der Waals surface area (Å²) >= 11 is 0. The van der Waals surface area contributed by atoms with E-state index < -0.39 is 0 Å². The molecule has 0 aliphatic rings. The van der Waals surface area contributed by atoms with E-state index in [1.165, 1.54) is 22.3 Å². The minimum absolute atomic E-state index is 0.127. The maximum Gasteiger partial charge on any atom is 0.0119 e. The Balaban J connectivity index is 2.12. The Morgan fingerprint density at radius 1 is 0.688 bits per heavy atom. The Morgan fingerprint density at radius 3 is 2.06 bits per heavy atom. The predicted octanol–water partition coefficient (Wildman–Crippen LogP) is 1.75. The van der Waals surface area contributed by atoms with Crippen LogP contribution < -0.4 is 33.6 Å². The number of benzene rings is 2. The number of hydrogen-bond acceptors (Lipinski definition) is 6. The zero-order valence-electron chi connectivity index (χ0n) is 19.6. The minimum atomic E-state index is 0.127. The van der Waals surface area contributed by atoms with Gasteiger partial charge in [-0.3, -0.25) is 0 Å². The first-order chi connectivity index (χ1) is 15.7. The highest BCUT2D eigenvalue weighted by molar-refractivity contribution is 5.65. The molecule has 0 radical (unpaired) electrons. The molecule has 2 aromatic rings. The van der Waals surface area contributed by atoms with E-state index in [0.29, 0.717) is 19.1 Å². The molecule has 0 fully saturated rings. The third kappa shape index (κ3) is 10.2. The second-order valence-corrected chi connectivity index (χ2v) is 8.62. The zero-order valence-corrected chi connectivity index (χ0v) is 19.6. The van der Waals surface area contributed by atoms with E-state index >= 15 is 0 Å². The fraction of sp³-hybridized carbons (Fsp3) is 0.538. The molecule has 6 nitrogen and oxygen atoms in total. The van der Waals surface area contributed by atoms with E-state index in [1.807, 2.05) is 0 Å². The number of nitrogens with two attached hydrogens (primary N) is 4. The maximum absolute atomic E-state index is 6.48. The van der Waals surface area contributed by atoms with Gasteiger partial charge >= 0.3 is 0 Å². The van der Waals surface area contributed by atoms with Gasteiger partial charge in [-0.1, -0.05) is 48.5 Å². The van der Waals surface area contributed by atoms with Gasteiger partial charge in [0, 0.05) is 12.1 Å². The minimum Gasteiger partial charge on any atom is -0.330 e. The lowest BCUT2D eigenvalue weighted by Gasteiger charge is -2.20. The Morgan fingerprint density at radius 2 is 1.38 bits per heavy atom. The molecule has 0 amide bonds. The molecule has 0 heterocycles. The van der Waals surface area contributed by atoms with Crippen LogP contribution in [0.3, 0.4) is 0 Å². The zero-order chi connectivity index (χ0) is 23.0. The molecule has 0 aliphatic carbocycles. The van der Waals surface area contributed by atoms with Crippen LogP contribution in [0, 0.1) is 0 Å². The van der Waals surface area contributed by atoms with Crippen LogP contribution in [0.1, 0.15) is 36.8 Å². The molecule has 0 saturated carbocycles. The van der Waals surface area contributed by atoms with Crippen molar-refractivity contribution in [2.75, 3.05) is 39.3 Å². The van der Waals surface area contributed by atoms with Gasteiger partial charge in [-0.15, -0.1) is 0 Å². The summed E-state index contributed by atoms with van der Waals surface area (Å²) in [5.74, 6) is 0. The average molecular weight is 441 g/mol. The third-order valence-electron chi connectivity index (χ3n) is 5.72. The third-order valence-corrected chi connectivity index (χ3v) is 5.72. The van der Waals surface area contributed by atoms with Gasteiger partial charge in [-0.2, -0.15) is 0 Å². The fourth-order valence-electron chi connectivity index (χ4n) is 4.01. The number of nitrogens with one attached hydrogen (secondary N) is 2. The van der Waals surface area contributed by atoms with Crippen LogP contribution in [-0.4, -0.2) is 51.4 Å². The van der Waals surface area contributed by atoms with Crippen LogP contribution >= 0.6 is 0 Å². The summed E-state index contributed by atoms with van der Waals surface area (Å²) in [5.41, 5.74) is 28.7. The Labute approximate surface area is 194 Å². The Hall–Kier alpha value is -1.80. The molecular weight excluding hydrogens is 396 g/mol. The van der Waals surface area contributed by atoms with E-state index in [2.05, 4.69) is 59.2 Å². The van der Waals surface area contributed by atoms with Crippen molar-refractivity contribution in [3.63, 3.8) is 0 Å². The van der Waals surface area contributed by atoms with Gasteiger partial charge in [0.15, 0.2) is 0 Å². The van der Waals surface area contributed by atoms with Crippen LogP contribution in [0.2, 0.25) is 0 Å². The smallest absolute Gasteiger partial charge is 0.0119 e. The van der Waals surface area contributed by atoms with E-state index in [0.717, 1.165) is 64.7 Å². The maximum atomic E-state index is 6.48. The van der Waals surface area contributed by atoms with Gasteiger partial charge in [0.25, 0.3) is 0 Å². The summed E-state index contributed by atoms with van der Waals surface area (Å²) in [6.07, 6.45) is 5.70. The summed E-state index contributed by atoms with van der Waals surface area (Å²) in [5, 5.41) is 7.06. The van der Waals surface area contributed by atoms with Crippen LogP contribution in [0.15, 0.2) is 48.5 Å². The van der Waals surface area contributed by atoms with Crippen molar-refractivity contribution >= 4 is 0 Å². The molecule has 0 bridgehead atoms. The summed E-state index contributed by atoms with van der Waals surface area (Å²) in [6, 6.07) is 18.0. The average Bonchev–Trinajstić information content (AvgIpc) is 2.79. The van der Waals surface area contributed by atoms with Gasteiger partial charge in [0.2, 0.25) is 0 Å². The highest BCUT2D eigenvalue weighted by atomic mass is 14.9. The van der Waals surface area contributed by atoms with Crippen LogP contribution in [0.5, 0.6) is 0 Å². The molecule has 6 heteroatoms.